The maximum atomic E-state index is 13.2. The molecule has 3 nitrogen and oxygen atoms in total. The molecule has 0 bridgehead atoms. The quantitative estimate of drug-likeness (QED) is 0.793. The molecule has 3 aliphatic rings. The molecule has 5 heteroatoms. The van der Waals surface area contributed by atoms with E-state index in [0.29, 0.717) is 0 Å². The van der Waals surface area contributed by atoms with Crippen LogP contribution in [0, 0.1) is 0 Å². The van der Waals surface area contributed by atoms with E-state index in [1.54, 1.807) is 12.1 Å². The van der Waals surface area contributed by atoms with Crippen LogP contribution in [0.3, 0.4) is 0 Å². The number of alkyl halides is 2. The summed E-state index contributed by atoms with van der Waals surface area (Å²) in [4.78, 5) is 2.30. The lowest BCUT2D eigenvalue weighted by atomic mass is 9.71. The summed E-state index contributed by atoms with van der Waals surface area (Å²) in [5, 5.41) is 0. The van der Waals surface area contributed by atoms with E-state index < -0.39 is 6.29 Å². The number of hydrogen-bond acceptors (Lipinski definition) is 3. The van der Waals surface area contributed by atoms with Crippen molar-refractivity contribution in [2.24, 2.45) is 0 Å². The Bertz CT molecular complexity index is 698. The molecule has 0 saturated carbocycles. The normalized spacial score (nSPS) is 32.0. The maximum absolute atomic E-state index is 13.2. The van der Waals surface area contributed by atoms with E-state index in [9.17, 15) is 8.78 Å². The summed E-state index contributed by atoms with van der Waals surface area (Å²) in [7, 11) is 2.09. The summed E-state index contributed by atoms with van der Waals surface area (Å²) in [6.45, 7) is 3.04. The molecular weight excluding hydrogens is 288 g/mol. The van der Waals surface area contributed by atoms with Gasteiger partial charge in [-0.05, 0) is 44.6 Å². The molecule has 4 rings (SSSR count). The van der Waals surface area contributed by atoms with Crippen molar-refractivity contribution in [3.63, 3.8) is 0 Å². The smallest absolute Gasteiger partial charge is 0.395 e. The lowest BCUT2D eigenvalue weighted by Crippen LogP contribution is -2.39. The fraction of sp³-hybridized carbons (Fsp3) is 0.412. The fourth-order valence-corrected chi connectivity index (χ4v) is 3.73. The van der Waals surface area contributed by atoms with Crippen LogP contribution in [-0.4, -0.2) is 30.8 Å². The monoisotopic (exact) mass is 305 g/mol. The third-order valence-electron chi connectivity index (χ3n) is 4.88. The fourth-order valence-electron chi connectivity index (χ4n) is 3.73. The van der Waals surface area contributed by atoms with E-state index in [0.717, 1.165) is 18.5 Å². The number of nitrogens with zero attached hydrogens (tertiary/aromatic N) is 1. The van der Waals surface area contributed by atoms with Crippen LogP contribution >= 0.6 is 0 Å². The van der Waals surface area contributed by atoms with Crippen LogP contribution in [-0.2, 0) is 5.41 Å². The van der Waals surface area contributed by atoms with Crippen molar-refractivity contribution in [1.82, 2.24) is 4.90 Å². The van der Waals surface area contributed by atoms with Gasteiger partial charge in [0.25, 0.3) is 0 Å². The van der Waals surface area contributed by atoms with Crippen molar-refractivity contribution in [3.05, 3.63) is 47.6 Å². The predicted octanol–water partition coefficient (Wildman–Crippen LogP) is 3.47. The van der Waals surface area contributed by atoms with Crippen LogP contribution in [0.25, 0.3) is 0 Å². The Balaban J connectivity index is 1.78. The molecule has 2 aliphatic heterocycles. The highest BCUT2D eigenvalue weighted by atomic mass is 19.3. The van der Waals surface area contributed by atoms with Crippen molar-refractivity contribution in [2.75, 3.05) is 13.6 Å². The van der Waals surface area contributed by atoms with Crippen LogP contribution in [0.5, 0.6) is 11.5 Å². The lowest BCUT2D eigenvalue weighted by molar-refractivity contribution is -0.286. The molecule has 2 heterocycles. The van der Waals surface area contributed by atoms with E-state index >= 15 is 0 Å². The predicted molar refractivity (Wildman–Crippen MR) is 78.3 cm³/mol. The van der Waals surface area contributed by atoms with Gasteiger partial charge < -0.3 is 9.47 Å². The summed E-state index contributed by atoms with van der Waals surface area (Å²) >= 11 is 0. The second-order valence-corrected chi connectivity index (χ2v) is 6.29. The second kappa shape index (κ2) is 4.32. The van der Waals surface area contributed by atoms with Gasteiger partial charge in [0.05, 0.1) is 0 Å². The molecule has 1 aromatic carbocycles. The molecule has 1 fully saturated rings. The number of allylic oxidation sites excluding steroid dienone is 2. The Hall–Kier alpha value is -1.88. The SMILES string of the molecule is CC1=C[C@@H]2N(C)CC[C@]2(c2ccc3c(c2)OC(F)(F)O3)C=C1. The average Bonchev–Trinajstić information content (AvgIpc) is 2.95. The minimum atomic E-state index is -3.57. The first-order valence-electron chi connectivity index (χ1n) is 7.38. The summed E-state index contributed by atoms with van der Waals surface area (Å²) in [6, 6.07) is 5.38. The Morgan fingerprint density at radius 2 is 2.00 bits per heavy atom. The molecule has 0 radical (unpaired) electrons. The lowest BCUT2D eigenvalue weighted by Gasteiger charge is -2.36. The number of halogens is 2. The Labute approximate surface area is 127 Å². The summed E-state index contributed by atoms with van der Waals surface area (Å²) in [5.74, 6) is 0.212. The topological polar surface area (TPSA) is 21.7 Å². The molecule has 22 heavy (non-hydrogen) atoms. The summed E-state index contributed by atoms with van der Waals surface area (Å²) in [6.07, 6.45) is 3.93. The van der Waals surface area contributed by atoms with Crippen LogP contribution in [0.15, 0.2) is 42.0 Å². The third kappa shape index (κ3) is 1.88. The van der Waals surface area contributed by atoms with Crippen molar-refractivity contribution < 1.29 is 18.3 Å². The van der Waals surface area contributed by atoms with Gasteiger partial charge in [-0.3, -0.25) is 4.90 Å². The zero-order chi connectivity index (χ0) is 15.5. The van der Waals surface area contributed by atoms with E-state index in [1.807, 2.05) is 6.07 Å². The number of hydrogen-bond donors (Lipinski definition) is 0. The van der Waals surface area contributed by atoms with Crippen molar-refractivity contribution in [1.29, 1.82) is 0 Å². The van der Waals surface area contributed by atoms with Gasteiger partial charge >= 0.3 is 6.29 Å². The molecule has 0 aromatic heterocycles. The molecule has 1 aromatic rings. The van der Waals surface area contributed by atoms with Gasteiger partial charge in [-0.25, -0.2) is 0 Å². The molecule has 116 valence electrons. The summed E-state index contributed by atoms with van der Waals surface area (Å²) in [5.41, 5.74) is 2.02. The Morgan fingerprint density at radius 1 is 1.23 bits per heavy atom. The molecule has 1 aliphatic carbocycles. The Morgan fingerprint density at radius 3 is 2.82 bits per heavy atom. The number of likely N-dealkylation sites (tertiary alicyclic amines) is 1. The highest BCUT2D eigenvalue weighted by Gasteiger charge is 2.48. The zero-order valence-electron chi connectivity index (χ0n) is 12.5. The second-order valence-electron chi connectivity index (χ2n) is 6.29. The van der Waals surface area contributed by atoms with Gasteiger partial charge in [-0.2, -0.15) is 0 Å². The standard InChI is InChI=1S/C17H17F2NO2/c1-11-5-6-16(7-8-20(2)15(16)9-11)12-3-4-13-14(10-12)22-17(18,19)21-13/h3-6,9-10,15H,7-8H2,1-2H3/t15-,16-/m0/s1. The van der Waals surface area contributed by atoms with Gasteiger partial charge in [0.2, 0.25) is 0 Å². The molecular formula is C17H17F2NO2. The molecule has 0 amide bonds. The molecule has 2 atom stereocenters. The van der Waals surface area contributed by atoms with Gasteiger partial charge in [-0.15, -0.1) is 8.78 Å². The van der Waals surface area contributed by atoms with Crippen molar-refractivity contribution in [2.45, 2.75) is 31.1 Å². The number of likely N-dealkylation sites (N-methyl/N-ethyl adjacent to an activating group) is 1. The van der Waals surface area contributed by atoms with Crippen molar-refractivity contribution >= 4 is 0 Å². The molecule has 1 saturated heterocycles. The van der Waals surface area contributed by atoms with E-state index in [2.05, 4.69) is 46.6 Å². The van der Waals surface area contributed by atoms with E-state index in [1.165, 1.54) is 5.57 Å². The Kier molecular flexibility index (Phi) is 2.70. The number of benzene rings is 1. The highest BCUT2D eigenvalue weighted by molar-refractivity contribution is 5.52. The molecule has 0 unspecified atom stereocenters. The molecule has 0 spiro atoms. The van der Waals surface area contributed by atoms with E-state index in [-0.39, 0.29) is 23.0 Å². The number of ether oxygens (including phenoxy) is 2. The van der Waals surface area contributed by atoms with E-state index in [4.69, 9.17) is 0 Å². The third-order valence-corrected chi connectivity index (χ3v) is 4.88. The van der Waals surface area contributed by atoms with Crippen LogP contribution in [0.2, 0.25) is 0 Å². The largest absolute Gasteiger partial charge is 0.586 e. The molecule has 0 N–H and O–H groups in total. The minimum Gasteiger partial charge on any atom is -0.395 e. The van der Waals surface area contributed by atoms with Crippen molar-refractivity contribution in [3.8, 4) is 11.5 Å². The zero-order valence-corrected chi connectivity index (χ0v) is 12.5. The first kappa shape index (κ1) is 13.8. The van der Waals surface area contributed by atoms with Crippen LogP contribution < -0.4 is 9.47 Å². The average molecular weight is 305 g/mol. The van der Waals surface area contributed by atoms with Gasteiger partial charge in [0.1, 0.15) is 0 Å². The highest BCUT2D eigenvalue weighted by Crippen LogP contribution is 2.48. The van der Waals surface area contributed by atoms with Gasteiger partial charge in [-0.1, -0.05) is 29.9 Å². The summed E-state index contributed by atoms with van der Waals surface area (Å²) < 4.78 is 35.5. The minimum absolute atomic E-state index is 0.0968. The van der Waals surface area contributed by atoms with Crippen LogP contribution in [0.1, 0.15) is 18.9 Å². The maximum Gasteiger partial charge on any atom is 0.586 e. The van der Waals surface area contributed by atoms with Gasteiger partial charge in [0.15, 0.2) is 11.5 Å². The number of rotatable bonds is 1. The first-order chi connectivity index (χ1) is 10.4. The van der Waals surface area contributed by atoms with Gasteiger partial charge in [0, 0.05) is 11.5 Å². The number of fused-ring (bicyclic) bond motifs is 2. The first-order valence-corrected chi connectivity index (χ1v) is 7.38. The van der Waals surface area contributed by atoms with Crippen LogP contribution in [0.4, 0.5) is 8.78 Å².